The molecule has 0 radical (unpaired) electrons. The van der Waals surface area contributed by atoms with Crippen molar-refractivity contribution in [3.8, 4) is 5.75 Å². The molecule has 2 heteroatoms. The molecule has 0 aliphatic carbocycles. The fraction of sp³-hybridized carbons (Fsp3) is 0.200. The van der Waals surface area contributed by atoms with Crippen molar-refractivity contribution in [3.63, 3.8) is 0 Å². The van der Waals surface area contributed by atoms with Gasteiger partial charge in [-0.15, -0.1) is 0 Å². The summed E-state index contributed by atoms with van der Waals surface area (Å²) in [5.41, 5.74) is 1.20. The van der Waals surface area contributed by atoms with Gasteiger partial charge in [0.1, 0.15) is 5.75 Å². The standard InChI is InChI=1S/C10H12O.Na.H/c1-3-4-9-5-7-10(11-2)8-6-9;;/h3-8H,1-2H3;;/q;+1;-1. The molecular weight excluding hydrogens is 159 g/mol. The van der Waals surface area contributed by atoms with Crippen molar-refractivity contribution in [2.24, 2.45) is 0 Å². The van der Waals surface area contributed by atoms with E-state index in [9.17, 15) is 0 Å². The summed E-state index contributed by atoms with van der Waals surface area (Å²) >= 11 is 0. The molecule has 1 rings (SSSR count). The zero-order valence-corrected chi connectivity index (χ0v) is 9.87. The van der Waals surface area contributed by atoms with E-state index in [1.54, 1.807) is 7.11 Å². The van der Waals surface area contributed by atoms with Crippen LogP contribution in [-0.4, -0.2) is 7.11 Å². The average Bonchev–Trinajstić information content (AvgIpc) is 2.07. The Balaban J connectivity index is 0. The van der Waals surface area contributed by atoms with Gasteiger partial charge in [-0.05, 0) is 24.6 Å². The SMILES string of the molecule is CC=Cc1ccc(OC)cc1.[H-].[Na+]. The van der Waals surface area contributed by atoms with Crippen LogP contribution in [0.2, 0.25) is 0 Å². The Morgan fingerprint density at radius 2 is 1.83 bits per heavy atom. The number of benzene rings is 1. The maximum Gasteiger partial charge on any atom is 1.00 e. The van der Waals surface area contributed by atoms with E-state index in [1.807, 2.05) is 37.3 Å². The van der Waals surface area contributed by atoms with Gasteiger partial charge in [0.25, 0.3) is 0 Å². The number of hydrogen-bond acceptors (Lipinski definition) is 1. The second-order valence-electron chi connectivity index (χ2n) is 2.27. The average molecular weight is 172 g/mol. The minimum Gasteiger partial charge on any atom is -1.00 e. The summed E-state index contributed by atoms with van der Waals surface area (Å²) in [7, 11) is 1.67. The van der Waals surface area contributed by atoms with E-state index in [2.05, 4.69) is 6.08 Å². The predicted octanol–water partition coefficient (Wildman–Crippen LogP) is -0.155. The summed E-state index contributed by atoms with van der Waals surface area (Å²) in [5, 5.41) is 0. The Hall–Kier alpha value is -0.240. The number of allylic oxidation sites excluding steroid dienone is 1. The van der Waals surface area contributed by atoms with Crippen LogP contribution in [0.15, 0.2) is 30.3 Å². The van der Waals surface area contributed by atoms with E-state index < -0.39 is 0 Å². The fourth-order valence-electron chi connectivity index (χ4n) is 0.907. The van der Waals surface area contributed by atoms with Gasteiger partial charge in [0, 0.05) is 0 Å². The molecular formula is C10H13NaO. The molecule has 0 heterocycles. The fourth-order valence-corrected chi connectivity index (χ4v) is 0.907. The minimum atomic E-state index is 0. The van der Waals surface area contributed by atoms with Gasteiger partial charge in [-0.1, -0.05) is 24.3 Å². The van der Waals surface area contributed by atoms with Crippen LogP contribution in [0.5, 0.6) is 5.75 Å². The van der Waals surface area contributed by atoms with E-state index in [1.165, 1.54) is 5.56 Å². The second-order valence-corrected chi connectivity index (χ2v) is 2.27. The van der Waals surface area contributed by atoms with Crippen LogP contribution in [-0.2, 0) is 0 Å². The van der Waals surface area contributed by atoms with Gasteiger partial charge in [0.05, 0.1) is 7.11 Å². The summed E-state index contributed by atoms with van der Waals surface area (Å²) in [6.07, 6.45) is 4.07. The molecule has 12 heavy (non-hydrogen) atoms. The van der Waals surface area contributed by atoms with Gasteiger partial charge in [-0.25, -0.2) is 0 Å². The van der Waals surface area contributed by atoms with Crippen LogP contribution >= 0.6 is 0 Å². The molecule has 0 bridgehead atoms. The van der Waals surface area contributed by atoms with Crippen LogP contribution < -0.4 is 34.3 Å². The van der Waals surface area contributed by atoms with E-state index in [0.29, 0.717) is 0 Å². The van der Waals surface area contributed by atoms with Gasteiger partial charge < -0.3 is 6.16 Å². The van der Waals surface area contributed by atoms with Crippen molar-refractivity contribution < 1.29 is 35.7 Å². The molecule has 0 atom stereocenters. The third kappa shape index (κ3) is 3.44. The molecule has 0 aliphatic rings. The molecule has 0 aromatic heterocycles. The molecule has 0 aliphatic heterocycles. The van der Waals surface area contributed by atoms with E-state index in [4.69, 9.17) is 4.74 Å². The molecule has 1 aromatic carbocycles. The third-order valence-corrected chi connectivity index (χ3v) is 1.47. The molecule has 1 aromatic rings. The number of methoxy groups -OCH3 is 1. The van der Waals surface area contributed by atoms with Gasteiger partial charge in [0.2, 0.25) is 0 Å². The molecule has 0 saturated heterocycles. The molecule has 0 fully saturated rings. The molecule has 0 spiro atoms. The first-order valence-corrected chi connectivity index (χ1v) is 3.63. The number of ether oxygens (including phenoxy) is 1. The zero-order valence-electron chi connectivity index (χ0n) is 8.87. The monoisotopic (exact) mass is 172 g/mol. The van der Waals surface area contributed by atoms with Crippen LogP contribution in [0.4, 0.5) is 0 Å². The Kier molecular flexibility index (Phi) is 6.17. The summed E-state index contributed by atoms with van der Waals surface area (Å²) in [6.45, 7) is 2.00. The zero-order chi connectivity index (χ0) is 8.10. The molecule has 1 nitrogen and oxygen atoms in total. The molecule has 60 valence electrons. The Morgan fingerprint density at radius 1 is 1.25 bits per heavy atom. The molecule has 0 N–H and O–H groups in total. The summed E-state index contributed by atoms with van der Waals surface area (Å²) in [6, 6.07) is 7.96. The van der Waals surface area contributed by atoms with E-state index in [0.717, 1.165) is 5.75 Å². The van der Waals surface area contributed by atoms with Gasteiger partial charge in [-0.2, -0.15) is 0 Å². The van der Waals surface area contributed by atoms with Crippen LogP contribution in [0.1, 0.15) is 13.9 Å². The van der Waals surface area contributed by atoms with Crippen molar-refractivity contribution >= 4 is 6.08 Å². The Bertz CT molecular complexity index is 244. The predicted molar refractivity (Wildman–Crippen MR) is 48.8 cm³/mol. The van der Waals surface area contributed by atoms with Crippen molar-refractivity contribution in [2.45, 2.75) is 6.92 Å². The quantitative estimate of drug-likeness (QED) is 0.563. The smallest absolute Gasteiger partial charge is 1.00 e. The molecule has 0 amide bonds. The first-order chi connectivity index (χ1) is 5.36. The number of rotatable bonds is 2. The maximum atomic E-state index is 5.02. The van der Waals surface area contributed by atoms with Crippen LogP contribution in [0.25, 0.3) is 6.08 Å². The minimum absolute atomic E-state index is 0. The molecule has 0 unspecified atom stereocenters. The van der Waals surface area contributed by atoms with Crippen molar-refractivity contribution in [1.29, 1.82) is 0 Å². The number of hydrogen-bond donors (Lipinski definition) is 0. The van der Waals surface area contributed by atoms with E-state index >= 15 is 0 Å². The van der Waals surface area contributed by atoms with Gasteiger partial charge >= 0.3 is 29.6 Å². The summed E-state index contributed by atoms with van der Waals surface area (Å²) < 4.78 is 5.02. The van der Waals surface area contributed by atoms with Crippen molar-refractivity contribution in [2.75, 3.05) is 7.11 Å². The Labute approximate surface area is 97.2 Å². The summed E-state index contributed by atoms with van der Waals surface area (Å²) in [5.74, 6) is 0.901. The largest absolute Gasteiger partial charge is 1.00 e. The van der Waals surface area contributed by atoms with Crippen LogP contribution in [0, 0.1) is 0 Å². The Morgan fingerprint density at radius 3 is 2.25 bits per heavy atom. The van der Waals surface area contributed by atoms with E-state index in [-0.39, 0.29) is 31.0 Å². The topological polar surface area (TPSA) is 9.23 Å². The summed E-state index contributed by atoms with van der Waals surface area (Å²) in [4.78, 5) is 0. The maximum absolute atomic E-state index is 5.02. The molecule has 0 saturated carbocycles. The van der Waals surface area contributed by atoms with Crippen molar-refractivity contribution in [3.05, 3.63) is 35.9 Å². The van der Waals surface area contributed by atoms with Crippen molar-refractivity contribution in [1.82, 2.24) is 0 Å². The van der Waals surface area contributed by atoms with Gasteiger partial charge in [-0.3, -0.25) is 0 Å². The first kappa shape index (κ1) is 11.8. The first-order valence-electron chi connectivity index (χ1n) is 3.63. The van der Waals surface area contributed by atoms with Gasteiger partial charge in [0.15, 0.2) is 0 Å². The second kappa shape index (κ2) is 6.30. The third-order valence-electron chi connectivity index (χ3n) is 1.47. The van der Waals surface area contributed by atoms with Crippen LogP contribution in [0.3, 0.4) is 0 Å². The normalized spacial score (nSPS) is 9.50.